The van der Waals surface area contributed by atoms with Crippen molar-refractivity contribution in [2.45, 2.75) is 63.8 Å². The number of amides is 1. The zero-order valence-corrected chi connectivity index (χ0v) is 14.7. The Bertz CT molecular complexity index is 731. The SMILES string of the molecule is Cc1nc(C2CCCN(C(=O)c3cnn(C4CCCCC4)c3)C2)no1. The molecule has 2 aromatic rings. The number of piperidine rings is 1. The molecule has 1 amide bonds. The van der Waals surface area contributed by atoms with Crippen LogP contribution < -0.4 is 0 Å². The lowest BCUT2D eigenvalue weighted by Crippen LogP contribution is -2.39. The third-order valence-corrected chi connectivity index (χ3v) is 5.41. The quantitative estimate of drug-likeness (QED) is 0.856. The highest BCUT2D eigenvalue weighted by molar-refractivity contribution is 5.93. The number of aryl methyl sites for hydroxylation is 1. The Labute approximate surface area is 147 Å². The van der Waals surface area contributed by atoms with Gasteiger partial charge in [-0.3, -0.25) is 9.48 Å². The third-order valence-electron chi connectivity index (χ3n) is 5.41. The molecule has 2 fully saturated rings. The number of aromatic nitrogens is 4. The molecule has 7 nitrogen and oxygen atoms in total. The molecule has 2 aromatic heterocycles. The summed E-state index contributed by atoms with van der Waals surface area (Å²) in [5, 5.41) is 8.50. The summed E-state index contributed by atoms with van der Waals surface area (Å²) in [6, 6.07) is 0.451. The van der Waals surface area contributed by atoms with Crippen LogP contribution in [0.1, 0.15) is 79.0 Å². The van der Waals surface area contributed by atoms with E-state index in [0.29, 0.717) is 29.9 Å². The topological polar surface area (TPSA) is 77.1 Å². The molecular weight excluding hydrogens is 318 g/mol. The molecule has 0 aromatic carbocycles. The predicted molar refractivity (Wildman–Crippen MR) is 91.3 cm³/mol. The molecular formula is C18H25N5O2. The molecule has 25 heavy (non-hydrogen) atoms. The molecule has 1 aliphatic heterocycles. The van der Waals surface area contributed by atoms with Crippen molar-refractivity contribution in [2.24, 2.45) is 0 Å². The van der Waals surface area contributed by atoms with Crippen LogP contribution in [0.25, 0.3) is 0 Å². The second kappa shape index (κ2) is 6.98. The zero-order chi connectivity index (χ0) is 17.2. The fourth-order valence-electron chi connectivity index (χ4n) is 4.03. The van der Waals surface area contributed by atoms with Crippen LogP contribution in [0.15, 0.2) is 16.9 Å². The lowest BCUT2D eigenvalue weighted by Gasteiger charge is -2.31. The first-order valence-electron chi connectivity index (χ1n) is 9.34. The van der Waals surface area contributed by atoms with E-state index in [1.54, 1.807) is 13.1 Å². The molecule has 0 spiro atoms. The lowest BCUT2D eigenvalue weighted by molar-refractivity contribution is 0.0703. The van der Waals surface area contributed by atoms with Gasteiger partial charge in [0.1, 0.15) is 0 Å². The first kappa shape index (κ1) is 16.3. The number of rotatable bonds is 3. The molecule has 2 aliphatic rings. The Kier molecular flexibility index (Phi) is 4.55. The van der Waals surface area contributed by atoms with Crippen molar-refractivity contribution in [1.29, 1.82) is 0 Å². The number of carbonyl (C=O) groups excluding carboxylic acids is 1. The molecule has 1 saturated heterocycles. The summed E-state index contributed by atoms with van der Waals surface area (Å²) in [5.74, 6) is 1.51. The Morgan fingerprint density at radius 3 is 2.80 bits per heavy atom. The van der Waals surface area contributed by atoms with E-state index in [-0.39, 0.29) is 11.8 Å². The van der Waals surface area contributed by atoms with Gasteiger partial charge in [-0.1, -0.05) is 24.4 Å². The van der Waals surface area contributed by atoms with Crippen LogP contribution >= 0.6 is 0 Å². The third kappa shape index (κ3) is 3.45. The molecule has 1 aliphatic carbocycles. The molecule has 1 unspecified atom stereocenters. The van der Waals surface area contributed by atoms with Crippen LogP contribution in [0.5, 0.6) is 0 Å². The maximum atomic E-state index is 12.9. The van der Waals surface area contributed by atoms with Gasteiger partial charge in [0.2, 0.25) is 5.89 Å². The van der Waals surface area contributed by atoms with E-state index in [0.717, 1.165) is 32.2 Å². The molecule has 1 saturated carbocycles. The highest BCUT2D eigenvalue weighted by atomic mass is 16.5. The largest absolute Gasteiger partial charge is 0.340 e. The first-order valence-corrected chi connectivity index (χ1v) is 9.34. The van der Waals surface area contributed by atoms with Gasteiger partial charge in [0.05, 0.1) is 17.8 Å². The van der Waals surface area contributed by atoms with Gasteiger partial charge in [-0.25, -0.2) is 0 Å². The minimum atomic E-state index is 0.0620. The van der Waals surface area contributed by atoms with E-state index in [4.69, 9.17) is 4.52 Å². The van der Waals surface area contributed by atoms with Crippen molar-refractivity contribution in [3.8, 4) is 0 Å². The summed E-state index contributed by atoms with van der Waals surface area (Å²) in [6.07, 6.45) is 11.8. The second-order valence-electron chi connectivity index (χ2n) is 7.26. The monoisotopic (exact) mass is 343 g/mol. The fourth-order valence-corrected chi connectivity index (χ4v) is 4.03. The van der Waals surface area contributed by atoms with Gasteiger partial charge in [0, 0.05) is 32.1 Å². The summed E-state index contributed by atoms with van der Waals surface area (Å²) in [5.41, 5.74) is 0.690. The van der Waals surface area contributed by atoms with E-state index >= 15 is 0 Å². The van der Waals surface area contributed by atoms with Crippen molar-refractivity contribution in [1.82, 2.24) is 24.8 Å². The van der Waals surface area contributed by atoms with Crippen LogP contribution in [0, 0.1) is 6.92 Å². The van der Waals surface area contributed by atoms with Crippen molar-refractivity contribution < 1.29 is 9.32 Å². The predicted octanol–water partition coefficient (Wildman–Crippen LogP) is 3.10. The summed E-state index contributed by atoms with van der Waals surface area (Å²) in [7, 11) is 0. The number of hydrogen-bond acceptors (Lipinski definition) is 5. The molecule has 0 radical (unpaired) electrons. The minimum absolute atomic E-state index is 0.0620. The molecule has 1 atom stereocenters. The second-order valence-corrected chi connectivity index (χ2v) is 7.26. The average molecular weight is 343 g/mol. The van der Waals surface area contributed by atoms with E-state index in [9.17, 15) is 4.79 Å². The van der Waals surface area contributed by atoms with Crippen LogP contribution in [0.3, 0.4) is 0 Å². The van der Waals surface area contributed by atoms with Crippen molar-refractivity contribution in [3.63, 3.8) is 0 Å². The highest BCUT2D eigenvalue weighted by Gasteiger charge is 2.29. The molecule has 3 heterocycles. The van der Waals surface area contributed by atoms with Gasteiger partial charge >= 0.3 is 0 Å². The molecule has 4 rings (SSSR count). The average Bonchev–Trinajstić information content (AvgIpc) is 3.31. The van der Waals surface area contributed by atoms with E-state index in [2.05, 4.69) is 15.2 Å². The van der Waals surface area contributed by atoms with Gasteiger partial charge in [-0.05, 0) is 25.7 Å². The smallest absolute Gasteiger partial charge is 0.257 e. The van der Waals surface area contributed by atoms with Crippen LogP contribution in [0.2, 0.25) is 0 Å². The highest BCUT2D eigenvalue weighted by Crippen LogP contribution is 2.29. The van der Waals surface area contributed by atoms with Gasteiger partial charge in [0.15, 0.2) is 5.82 Å². The van der Waals surface area contributed by atoms with E-state index in [1.807, 2.05) is 15.8 Å². The van der Waals surface area contributed by atoms with Gasteiger partial charge in [0.25, 0.3) is 5.91 Å². The fraction of sp³-hybridized carbons (Fsp3) is 0.667. The van der Waals surface area contributed by atoms with Crippen molar-refractivity contribution in [2.75, 3.05) is 13.1 Å². The normalized spacial score (nSPS) is 22.3. The maximum absolute atomic E-state index is 12.9. The van der Waals surface area contributed by atoms with Crippen molar-refractivity contribution in [3.05, 3.63) is 29.7 Å². The summed E-state index contributed by atoms with van der Waals surface area (Å²) < 4.78 is 7.09. The number of nitrogens with zero attached hydrogens (tertiary/aromatic N) is 5. The Morgan fingerprint density at radius 1 is 1.20 bits per heavy atom. The maximum Gasteiger partial charge on any atom is 0.257 e. The van der Waals surface area contributed by atoms with Crippen molar-refractivity contribution >= 4 is 5.91 Å². The van der Waals surface area contributed by atoms with Crippen LogP contribution in [-0.4, -0.2) is 43.8 Å². The van der Waals surface area contributed by atoms with E-state index < -0.39 is 0 Å². The Hall–Kier alpha value is -2.18. The molecule has 7 heteroatoms. The zero-order valence-electron chi connectivity index (χ0n) is 14.7. The first-order chi connectivity index (χ1) is 12.2. The van der Waals surface area contributed by atoms with Gasteiger partial charge in [-0.2, -0.15) is 10.1 Å². The van der Waals surface area contributed by atoms with E-state index in [1.165, 1.54) is 19.3 Å². The number of hydrogen-bond donors (Lipinski definition) is 0. The molecule has 0 N–H and O–H groups in total. The summed E-state index contributed by atoms with van der Waals surface area (Å²) in [4.78, 5) is 19.1. The summed E-state index contributed by atoms with van der Waals surface area (Å²) >= 11 is 0. The molecule has 134 valence electrons. The Morgan fingerprint density at radius 2 is 2.04 bits per heavy atom. The summed E-state index contributed by atoms with van der Waals surface area (Å²) in [6.45, 7) is 3.22. The Balaban J connectivity index is 1.44. The number of carbonyl (C=O) groups is 1. The lowest BCUT2D eigenvalue weighted by atomic mass is 9.96. The van der Waals surface area contributed by atoms with Gasteiger partial charge < -0.3 is 9.42 Å². The number of likely N-dealkylation sites (tertiary alicyclic amines) is 1. The standard InChI is InChI=1S/C18H25N5O2/c1-13-20-17(21-25-13)14-6-5-9-22(11-14)18(24)15-10-19-23(12-15)16-7-3-2-4-8-16/h10,12,14,16H,2-9,11H2,1H3. The van der Waals surface area contributed by atoms with Crippen LogP contribution in [0.4, 0.5) is 0 Å². The molecule has 0 bridgehead atoms. The van der Waals surface area contributed by atoms with Gasteiger partial charge in [-0.15, -0.1) is 0 Å². The minimum Gasteiger partial charge on any atom is -0.340 e. The van der Waals surface area contributed by atoms with Crippen LogP contribution in [-0.2, 0) is 0 Å².